The zero-order valence-corrected chi connectivity index (χ0v) is 45.2. The molecule has 0 spiro atoms. The van der Waals surface area contributed by atoms with Crippen molar-refractivity contribution >= 4 is 81.5 Å². The second-order valence-electron chi connectivity index (χ2n) is 20.2. The number of ether oxygens (including phenoxy) is 1. The number of rotatable bonds is 15. The van der Waals surface area contributed by atoms with Crippen molar-refractivity contribution < 1.29 is 19.1 Å². The minimum Gasteiger partial charge on any atom is -0.467 e. The molecule has 2 saturated heterocycles. The number of hydrogen-bond donors (Lipinski definition) is 4. The molecule has 1 unspecified atom stereocenters. The average molecular weight is 1070 g/mol. The number of para-hydroxylation sites is 1. The summed E-state index contributed by atoms with van der Waals surface area (Å²) in [5.74, 6) is 0.985. The van der Waals surface area contributed by atoms with E-state index in [1.54, 1.807) is 0 Å². The Labute approximate surface area is 447 Å². The number of halogens is 4. The van der Waals surface area contributed by atoms with E-state index in [4.69, 9.17) is 51.1 Å². The van der Waals surface area contributed by atoms with E-state index in [1.165, 1.54) is 32.8 Å². The normalized spacial score (nSPS) is 21.2. The zero-order valence-electron chi connectivity index (χ0n) is 42.2. The van der Waals surface area contributed by atoms with Gasteiger partial charge in [-0.3, -0.25) is 9.80 Å². The third-order valence-corrected chi connectivity index (χ3v) is 16.6. The number of urea groups is 2. The third-order valence-electron chi connectivity index (χ3n) is 15.0. The maximum atomic E-state index is 12.8. The Hall–Kier alpha value is -4.43. The van der Waals surface area contributed by atoms with Crippen molar-refractivity contribution in [1.82, 2.24) is 25.8 Å². The highest BCUT2D eigenvalue weighted by Gasteiger charge is 2.29. The van der Waals surface area contributed by atoms with Gasteiger partial charge in [0.15, 0.2) is 0 Å². The number of methoxy groups -OCH3 is 1. The standard InChI is InChI=1S/C31H36Cl2N4O.C25H38Cl2N4O3/c32-27-10-6-12-29(30(27)33)37-21-19-36(20-22-37)18-17-23-13-15-25(16-14-23)34-31(38)35-28-11-5-4-9-26(28)24-7-2-1-3-8-24;1-17(2)23(24(32)34-3)29-25(33)28-19-9-7-18(8-10-19)11-12-30-13-15-31(16-14-30)21-6-4-5-20(26)22(21)27/h1-12,23,25H,13-22H2,(H2,34,35,38);4-6,17-19,23H,7-16H2,1-3H3,(H2,28,29,33)/t23-,25-;18-,19-,23?. The van der Waals surface area contributed by atoms with E-state index in [9.17, 15) is 14.4 Å². The van der Waals surface area contributed by atoms with Crippen LogP contribution in [-0.2, 0) is 9.53 Å². The lowest BCUT2D eigenvalue weighted by Gasteiger charge is -2.37. The van der Waals surface area contributed by atoms with E-state index in [0.29, 0.717) is 26.0 Å². The first-order valence-corrected chi connectivity index (χ1v) is 27.6. The van der Waals surface area contributed by atoms with E-state index < -0.39 is 12.0 Å². The Bertz CT molecular complexity index is 2350. The Morgan fingerprint density at radius 2 is 1.03 bits per heavy atom. The van der Waals surface area contributed by atoms with Gasteiger partial charge in [0.2, 0.25) is 0 Å². The number of benzene rings is 4. The van der Waals surface area contributed by atoms with Gasteiger partial charge < -0.3 is 35.8 Å². The van der Waals surface area contributed by atoms with Gasteiger partial charge in [-0.1, -0.05) is 121 Å². The lowest BCUT2D eigenvalue weighted by molar-refractivity contribution is -0.144. The van der Waals surface area contributed by atoms with Crippen LogP contribution in [0.15, 0.2) is 91.0 Å². The Balaban J connectivity index is 0.000000213. The maximum absolute atomic E-state index is 12.8. The summed E-state index contributed by atoms with van der Waals surface area (Å²) in [5.41, 5.74) is 5.02. The molecule has 0 bridgehead atoms. The number of amides is 4. The minimum atomic E-state index is -0.628. The molecular formula is C56H74Cl4N8O4. The van der Waals surface area contributed by atoms with Crippen LogP contribution in [0, 0.1) is 17.8 Å². The second-order valence-corrected chi connectivity index (χ2v) is 21.8. The molecule has 2 heterocycles. The van der Waals surface area contributed by atoms with Gasteiger partial charge in [0.25, 0.3) is 0 Å². The molecule has 16 heteroatoms. The first-order valence-electron chi connectivity index (χ1n) is 26.0. The van der Waals surface area contributed by atoms with Crippen LogP contribution < -0.4 is 31.1 Å². The van der Waals surface area contributed by atoms with E-state index in [0.717, 1.165) is 138 Å². The van der Waals surface area contributed by atoms with Gasteiger partial charge in [-0.25, -0.2) is 14.4 Å². The Morgan fingerprint density at radius 1 is 0.569 bits per heavy atom. The molecule has 4 N–H and O–H groups in total. The van der Waals surface area contributed by atoms with Crippen LogP contribution in [0.25, 0.3) is 11.1 Å². The highest BCUT2D eigenvalue weighted by atomic mass is 35.5. The highest BCUT2D eigenvalue weighted by Crippen LogP contribution is 2.35. The van der Waals surface area contributed by atoms with Crippen LogP contribution in [-0.4, -0.2) is 119 Å². The van der Waals surface area contributed by atoms with Crippen molar-refractivity contribution in [2.45, 2.75) is 96.2 Å². The molecule has 8 rings (SSSR count). The third kappa shape index (κ3) is 16.0. The number of nitrogens with zero attached hydrogens (tertiary/aromatic N) is 4. The van der Waals surface area contributed by atoms with Crippen LogP contribution in [0.5, 0.6) is 0 Å². The van der Waals surface area contributed by atoms with Gasteiger partial charge in [-0.2, -0.15) is 0 Å². The molecule has 0 aromatic heterocycles. The molecule has 4 aromatic rings. The van der Waals surface area contributed by atoms with Gasteiger partial charge in [0.1, 0.15) is 6.04 Å². The summed E-state index contributed by atoms with van der Waals surface area (Å²) in [6, 6.07) is 29.2. The quantitative estimate of drug-likeness (QED) is 0.0869. The number of carbonyl (C=O) groups excluding carboxylic acids is 3. The average Bonchev–Trinajstić information content (AvgIpc) is 3.40. The number of carbonyl (C=O) groups is 3. The smallest absolute Gasteiger partial charge is 0.328 e. The van der Waals surface area contributed by atoms with Crippen molar-refractivity contribution in [3.05, 3.63) is 111 Å². The summed E-state index contributed by atoms with van der Waals surface area (Å²) >= 11 is 25.2. The predicted molar refractivity (Wildman–Crippen MR) is 297 cm³/mol. The fraction of sp³-hybridized carbons (Fsp3) is 0.518. The fourth-order valence-electron chi connectivity index (χ4n) is 10.6. The van der Waals surface area contributed by atoms with Crippen molar-refractivity contribution in [2.24, 2.45) is 17.8 Å². The molecule has 4 fully saturated rings. The molecule has 1 atom stereocenters. The van der Waals surface area contributed by atoms with Crippen molar-refractivity contribution in [3.8, 4) is 11.1 Å². The summed E-state index contributed by atoms with van der Waals surface area (Å²) in [4.78, 5) is 46.8. The Kier molecular flexibility index (Phi) is 21.3. The molecule has 2 aliphatic heterocycles. The van der Waals surface area contributed by atoms with E-state index in [2.05, 4.69) is 59.1 Å². The summed E-state index contributed by atoms with van der Waals surface area (Å²) in [6.45, 7) is 14.0. The van der Waals surface area contributed by atoms with Gasteiger partial charge in [-0.05, 0) is 131 Å². The van der Waals surface area contributed by atoms with Crippen LogP contribution >= 0.6 is 46.4 Å². The topological polar surface area (TPSA) is 122 Å². The van der Waals surface area contributed by atoms with E-state index in [1.807, 2.05) is 86.6 Å². The van der Waals surface area contributed by atoms with E-state index >= 15 is 0 Å². The van der Waals surface area contributed by atoms with E-state index in [-0.39, 0.29) is 30.1 Å². The molecule has 2 saturated carbocycles. The van der Waals surface area contributed by atoms with Gasteiger partial charge in [0.05, 0.1) is 44.3 Å². The van der Waals surface area contributed by atoms with Crippen LogP contribution in [0.2, 0.25) is 20.1 Å². The zero-order chi connectivity index (χ0) is 51.0. The summed E-state index contributed by atoms with van der Waals surface area (Å²) in [6.07, 6.45) is 11.0. The minimum absolute atomic E-state index is 0.0294. The molecule has 4 aliphatic rings. The molecule has 2 aliphatic carbocycles. The van der Waals surface area contributed by atoms with Gasteiger partial charge in [-0.15, -0.1) is 0 Å². The predicted octanol–water partition coefficient (Wildman–Crippen LogP) is 12.1. The molecule has 4 amide bonds. The Morgan fingerprint density at radius 3 is 1.50 bits per heavy atom. The lowest BCUT2D eigenvalue weighted by Crippen LogP contribution is -2.51. The van der Waals surface area contributed by atoms with Crippen molar-refractivity contribution in [3.63, 3.8) is 0 Å². The molecule has 0 radical (unpaired) electrons. The first kappa shape index (κ1) is 55.3. The fourth-order valence-corrected chi connectivity index (χ4v) is 11.4. The SMILES string of the molecule is COC(=O)C(NC(=O)N[C@H]1CC[C@H](CCN2CCN(c3cccc(Cl)c3Cl)CC2)CC1)C(C)C.O=C(Nc1ccccc1-c1ccccc1)N[C@H]1CC[C@H](CCN2CCN(c3cccc(Cl)c3Cl)CC2)CC1. The second kappa shape index (κ2) is 27.7. The summed E-state index contributed by atoms with van der Waals surface area (Å²) in [5, 5.41) is 14.6. The maximum Gasteiger partial charge on any atom is 0.328 e. The monoisotopic (exact) mass is 1060 g/mol. The molecule has 12 nitrogen and oxygen atoms in total. The highest BCUT2D eigenvalue weighted by molar-refractivity contribution is 6.44. The summed E-state index contributed by atoms with van der Waals surface area (Å²) in [7, 11) is 1.34. The van der Waals surface area contributed by atoms with Crippen LogP contribution in [0.1, 0.15) is 78.1 Å². The number of esters is 1. The molecule has 4 aromatic carbocycles. The van der Waals surface area contributed by atoms with Crippen LogP contribution in [0.3, 0.4) is 0 Å². The number of hydrogen-bond acceptors (Lipinski definition) is 8. The number of anilines is 3. The van der Waals surface area contributed by atoms with Crippen molar-refractivity contribution in [1.29, 1.82) is 0 Å². The first-order chi connectivity index (χ1) is 34.8. The molecular weight excluding hydrogens is 990 g/mol. The van der Waals surface area contributed by atoms with Gasteiger partial charge in [0, 0.05) is 70.0 Å². The lowest BCUT2D eigenvalue weighted by atomic mass is 9.84. The largest absolute Gasteiger partial charge is 0.467 e. The molecule has 72 heavy (non-hydrogen) atoms. The number of nitrogens with one attached hydrogen (secondary N) is 4. The summed E-state index contributed by atoms with van der Waals surface area (Å²) < 4.78 is 4.79. The number of piperazine rings is 2. The van der Waals surface area contributed by atoms with Crippen LogP contribution in [0.4, 0.5) is 26.7 Å². The van der Waals surface area contributed by atoms with Gasteiger partial charge >= 0.3 is 18.0 Å². The van der Waals surface area contributed by atoms with Crippen molar-refractivity contribution in [2.75, 3.05) is 87.7 Å². The molecule has 390 valence electrons.